The molecule has 0 saturated carbocycles. The Kier molecular flexibility index (Phi) is 7.20. The number of hydrogen-bond acceptors (Lipinski definition) is 3. The summed E-state index contributed by atoms with van der Waals surface area (Å²) in [7, 11) is 0. The molecule has 0 unspecified atom stereocenters. The predicted octanol–water partition coefficient (Wildman–Crippen LogP) is 5.24. The van der Waals surface area contributed by atoms with Crippen molar-refractivity contribution < 1.29 is 9.59 Å². The number of carbonyl (C=O) groups excluding carboxylic acids is 2. The average Bonchev–Trinajstić information content (AvgIpc) is 2.75. The lowest BCUT2D eigenvalue weighted by Crippen LogP contribution is -2.43. The summed E-state index contributed by atoms with van der Waals surface area (Å²) in [5, 5.41) is 5.99. The van der Waals surface area contributed by atoms with Crippen molar-refractivity contribution in [1.82, 2.24) is 4.90 Å². The van der Waals surface area contributed by atoms with E-state index in [9.17, 15) is 9.59 Å². The van der Waals surface area contributed by atoms with Crippen LogP contribution in [0, 0.1) is 18.8 Å². The van der Waals surface area contributed by atoms with Gasteiger partial charge in [-0.25, -0.2) is 4.79 Å². The number of anilines is 2. The zero-order valence-corrected chi connectivity index (χ0v) is 18.1. The van der Waals surface area contributed by atoms with E-state index in [-0.39, 0.29) is 23.8 Å². The third-order valence-corrected chi connectivity index (χ3v) is 6.31. The highest BCUT2D eigenvalue weighted by molar-refractivity contribution is 7.98. The molecule has 1 atom stereocenters. The van der Waals surface area contributed by atoms with E-state index in [1.807, 2.05) is 73.5 Å². The summed E-state index contributed by atoms with van der Waals surface area (Å²) >= 11 is 1.66. The van der Waals surface area contributed by atoms with Crippen molar-refractivity contribution in [2.75, 3.05) is 30.0 Å². The van der Waals surface area contributed by atoms with E-state index in [0.29, 0.717) is 13.1 Å². The summed E-state index contributed by atoms with van der Waals surface area (Å²) in [6, 6.07) is 15.6. The van der Waals surface area contributed by atoms with Gasteiger partial charge in [0.1, 0.15) is 0 Å². The van der Waals surface area contributed by atoms with E-state index < -0.39 is 0 Å². The van der Waals surface area contributed by atoms with Crippen LogP contribution in [-0.4, -0.2) is 36.2 Å². The largest absolute Gasteiger partial charge is 0.326 e. The van der Waals surface area contributed by atoms with Crippen molar-refractivity contribution >= 4 is 35.1 Å². The maximum atomic E-state index is 12.7. The maximum Gasteiger partial charge on any atom is 0.321 e. The first kappa shape index (κ1) is 21.2. The molecule has 3 rings (SSSR count). The Labute approximate surface area is 177 Å². The van der Waals surface area contributed by atoms with Gasteiger partial charge in [-0.3, -0.25) is 4.79 Å². The van der Waals surface area contributed by atoms with Crippen LogP contribution in [0.5, 0.6) is 0 Å². The molecule has 1 aliphatic heterocycles. The Balaban J connectivity index is 1.49. The van der Waals surface area contributed by atoms with Gasteiger partial charge in [0.05, 0.1) is 0 Å². The Hall–Kier alpha value is -2.47. The van der Waals surface area contributed by atoms with E-state index in [1.165, 1.54) is 0 Å². The lowest BCUT2D eigenvalue weighted by molar-refractivity contribution is -0.121. The number of thioether (sulfide) groups is 1. The van der Waals surface area contributed by atoms with Crippen molar-refractivity contribution in [2.24, 2.45) is 11.8 Å². The number of rotatable bonds is 5. The first-order valence-corrected chi connectivity index (χ1v) is 11.3. The minimum absolute atomic E-state index is 0.0470. The monoisotopic (exact) mass is 411 g/mol. The lowest BCUT2D eigenvalue weighted by atomic mass is 9.85. The van der Waals surface area contributed by atoms with Gasteiger partial charge in [0, 0.05) is 35.3 Å². The van der Waals surface area contributed by atoms with Gasteiger partial charge < -0.3 is 15.5 Å². The van der Waals surface area contributed by atoms with Crippen LogP contribution in [0.15, 0.2) is 53.4 Å². The third kappa shape index (κ3) is 5.76. The number of nitrogens with one attached hydrogen (secondary N) is 2. The summed E-state index contributed by atoms with van der Waals surface area (Å²) in [5.74, 6) is 0.239. The van der Waals surface area contributed by atoms with E-state index in [2.05, 4.69) is 10.6 Å². The summed E-state index contributed by atoms with van der Waals surface area (Å²) in [6.45, 7) is 5.34. The molecule has 2 aromatic rings. The summed E-state index contributed by atoms with van der Waals surface area (Å²) < 4.78 is 0. The molecule has 1 aliphatic rings. The molecule has 2 N–H and O–H groups in total. The molecule has 29 heavy (non-hydrogen) atoms. The quantitative estimate of drug-likeness (QED) is 0.662. The summed E-state index contributed by atoms with van der Waals surface area (Å²) in [4.78, 5) is 28.1. The van der Waals surface area contributed by atoms with Crippen molar-refractivity contribution in [2.45, 2.75) is 31.6 Å². The fourth-order valence-corrected chi connectivity index (χ4v) is 4.07. The van der Waals surface area contributed by atoms with E-state index in [4.69, 9.17) is 0 Å². The van der Waals surface area contributed by atoms with E-state index in [1.54, 1.807) is 11.8 Å². The number of hydrogen-bond donors (Lipinski definition) is 2. The minimum Gasteiger partial charge on any atom is -0.326 e. The van der Waals surface area contributed by atoms with Gasteiger partial charge in [-0.05, 0) is 62.3 Å². The zero-order chi connectivity index (χ0) is 20.8. The summed E-state index contributed by atoms with van der Waals surface area (Å²) in [5.41, 5.74) is 2.81. The van der Waals surface area contributed by atoms with Crippen LogP contribution in [0.4, 0.5) is 16.2 Å². The number of benzene rings is 2. The zero-order valence-electron chi connectivity index (χ0n) is 17.3. The van der Waals surface area contributed by atoms with Crippen LogP contribution in [0.1, 0.15) is 25.3 Å². The fraction of sp³-hybridized carbons (Fsp3) is 0.391. The van der Waals surface area contributed by atoms with Gasteiger partial charge in [-0.15, -0.1) is 11.8 Å². The predicted molar refractivity (Wildman–Crippen MR) is 121 cm³/mol. The number of amides is 3. The normalized spacial score (nSPS) is 15.6. The topological polar surface area (TPSA) is 61.4 Å². The number of nitrogens with zero attached hydrogens (tertiary/aromatic N) is 1. The van der Waals surface area contributed by atoms with Crippen LogP contribution < -0.4 is 10.6 Å². The van der Waals surface area contributed by atoms with Gasteiger partial charge in [-0.2, -0.15) is 0 Å². The summed E-state index contributed by atoms with van der Waals surface area (Å²) in [6.07, 6.45) is 3.69. The van der Waals surface area contributed by atoms with Gasteiger partial charge in [0.25, 0.3) is 0 Å². The highest BCUT2D eigenvalue weighted by atomic mass is 32.2. The van der Waals surface area contributed by atoms with Crippen LogP contribution in [-0.2, 0) is 4.79 Å². The van der Waals surface area contributed by atoms with Crippen LogP contribution >= 0.6 is 11.8 Å². The molecule has 0 radical (unpaired) electrons. The van der Waals surface area contributed by atoms with Crippen molar-refractivity contribution in [3.63, 3.8) is 0 Å². The number of likely N-dealkylation sites (tertiary alicyclic amines) is 1. The molecule has 6 heteroatoms. The van der Waals surface area contributed by atoms with Gasteiger partial charge >= 0.3 is 6.03 Å². The number of carbonyl (C=O) groups is 2. The number of urea groups is 1. The molecular formula is C23H29N3O2S. The fourth-order valence-electron chi connectivity index (χ4n) is 3.61. The van der Waals surface area contributed by atoms with Gasteiger partial charge in [0.15, 0.2) is 0 Å². The molecule has 0 aliphatic carbocycles. The molecular weight excluding hydrogens is 382 g/mol. The Morgan fingerprint density at radius 3 is 2.38 bits per heavy atom. The standard InChI is InChI=1S/C23H29N3O2S/c1-16-7-9-19(10-8-16)25-23(28)26-13-11-18(12-14-26)17(2)22(27)24-20-5-4-6-21(15-20)29-3/h4-10,15,17-18H,11-14H2,1-3H3,(H,24,27)(H,25,28)/t17-/m1/s1. The van der Waals surface area contributed by atoms with Crippen LogP contribution in [0.3, 0.4) is 0 Å². The molecule has 3 amide bonds. The first-order valence-electron chi connectivity index (χ1n) is 10.0. The maximum absolute atomic E-state index is 12.7. The molecule has 2 aromatic carbocycles. The van der Waals surface area contributed by atoms with Crippen LogP contribution in [0.25, 0.3) is 0 Å². The average molecular weight is 412 g/mol. The molecule has 1 heterocycles. The van der Waals surface area contributed by atoms with E-state index >= 15 is 0 Å². The third-order valence-electron chi connectivity index (χ3n) is 5.59. The van der Waals surface area contributed by atoms with Gasteiger partial charge in [-0.1, -0.05) is 30.7 Å². The molecule has 5 nitrogen and oxygen atoms in total. The van der Waals surface area contributed by atoms with E-state index in [0.717, 1.165) is 34.7 Å². The Morgan fingerprint density at radius 1 is 1.03 bits per heavy atom. The molecule has 0 aromatic heterocycles. The van der Waals surface area contributed by atoms with Crippen molar-refractivity contribution in [3.8, 4) is 0 Å². The molecule has 1 saturated heterocycles. The second kappa shape index (κ2) is 9.83. The highest BCUT2D eigenvalue weighted by Crippen LogP contribution is 2.27. The minimum atomic E-state index is -0.0877. The Bertz CT molecular complexity index is 845. The molecule has 154 valence electrons. The van der Waals surface area contributed by atoms with Crippen molar-refractivity contribution in [3.05, 3.63) is 54.1 Å². The highest BCUT2D eigenvalue weighted by Gasteiger charge is 2.30. The molecule has 1 fully saturated rings. The second-order valence-electron chi connectivity index (χ2n) is 7.63. The number of piperidine rings is 1. The Morgan fingerprint density at radius 2 is 1.72 bits per heavy atom. The van der Waals surface area contributed by atoms with Crippen LogP contribution in [0.2, 0.25) is 0 Å². The first-order chi connectivity index (χ1) is 14.0. The smallest absolute Gasteiger partial charge is 0.321 e. The van der Waals surface area contributed by atoms with Gasteiger partial charge in [0.2, 0.25) is 5.91 Å². The molecule has 0 spiro atoms. The number of aryl methyl sites for hydroxylation is 1. The second-order valence-corrected chi connectivity index (χ2v) is 8.51. The molecule has 0 bridgehead atoms. The SMILES string of the molecule is CSc1cccc(NC(=O)[C@H](C)C2CCN(C(=O)Nc3ccc(C)cc3)CC2)c1. The lowest BCUT2D eigenvalue weighted by Gasteiger charge is -2.34. The van der Waals surface area contributed by atoms with Crippen molar-refractivity contribution in [1.29, 1.82) is 0 Å².